The topological polar surface area (TPSA) is 76.1 Å². The molecule has 20 heavy (non-hydrogen) atoms. The summed E-state index contributed by atoms with van der Waals surface area (Å²) in [5, 5.41) is 8.95. The van der Waals surface area contributed by atoms with Crippen LogP contribution in [0.1, 0.15) is 33.6 Å². The molecule has 0 bridgehead atoms. The van der Waals surface area contributed by atoms with Crippen molar-refractivity contribution < 1.29 is 24.2 Å². The van der Waals surface area contributed by atoms with Crippen molar-refractivity contribution in [1.29, 1.82) is 0 Å². The average Bonchev–Trinajstić information content (AvgIpc) is 2.21. The van der Waals surface area contributed by atoms with Crippen LogP contribution >= 0.6 is 0 Å². The number of carboxylic acids is 1. The molecule has 0 aliphatic carbocycles. The minimum atomic E-state index is -0.938. The molecule has 1 rings (SSSR count). The summed E-state index contributed by atoms with van der Waals surface area (Å²) in [4.78, 5) is 24.2. The molecule has 1 aliphatic heterocycles. The van der Waals surface area contributed by atoms with Crippen molar-refractivity contribution in [1.82, 2.24) is 4.90 Å². The lowest BCUT2D eigenvalue weighted by Crippen LogP contribution is -2.66. The summed E-state index contributed by atoms with van der Waals surface area (Å²) in [7, 11) is 0. The van der Waals surface area contributed by atoms with E-state index in [0.717, 1.165) is 0 Å². The molecule has 114 valence electrons. The van der Waals surface area contributed by atoms with Crippen LogP contribution in [0.2, 0.25) is 0 Å². The van der Waals surface area contributed by atoms with Gasteiger partial charge >= 0.3 is 12.1 Å². The Bertz CT molecular complexity index is 380. The van der Waals surface area contributed by atoms with Crippen molar-refractivity contribution in [2.45, 2.75) is 44.8 Å². The van der Waals surface area contributed by atoms with E-state index in [9.17, 15) is 9.59 Å². The molecule has 0 aromatic carbocycles. The van der Waals surface area contributed by atoms with E-state index in [0.29, 0.717) is 13.0 Å². The zero-order valence-corrected chi connectivity index (χ0v) is 12.3. The summed E-state index contributed by atoms with van der Waals surface area (Å²) in [6.45, 7) is 9.83. The maximum absolute atomic E-state index is 11.8. The largest absolute Gasteiger partial charge is 0.481 e. The summed E-state index contributed by atoms with van der Waals surface area (Å²) in [6.07, 6.45) is 1.79. The summed E-state index contributed by atoms with van der Waals surface area (Å²) in [6, 6.07) is 0. The highest BCUT2D eigenvalue weighted by Crippen LogP contribution is 2.30. The van der Waals surface area contributed by atoms with Gasteiger partial charge in [-0.25, -0.2) is 4.79 Å². The SMILES string of the molecule is C=CCCOC1(CC(=O)O)CN(C(=O)OC(C)(C)C)C1. The number of rotatable bonds is 6. The second-order valence-electron chi connectivity index (χ2n) is 6.02. The third-order valence-corrected chi connectivity index (χ3v) is 2.81. The first-order valence-electron chi connectivity index (χ1n) is 6.62. The number of likely N-dealkylation sites (tertiary alicyclic amines) is 1. The van der Waals surface area contributed by atoms with E-state index < -0.39 is 23.3 Å². The van der Waals surface area contributed by atoms with Crippen LogP contribution in [0.25, 0.3) is 0 Å². The lowest BCUT2D eigenvalue weighted by Gasteiger charge is -2.48. The number of aliphatic carboxylic acids is 1. The number of carbonyl (C=O) groups is 2. The lowest BCUT2D eigenvalue weighted by atomic mass is 9.90. The lowest BCUT2D eigenvalue weighted by molar-refractivity contribution is -0.166. The monoisotopic (exact) mass is 285 g/mol. The van der Waals surface area contributed by atoms with Gasteiger partial charge in [0.1, 0.15) is 11.2 Å². The fraction of sp³-hybridized carbons (Fsp3) is 0.714. The molecule has 0 unspecified atom stereocenters. The fourth-order valence-corrected chi connectivity index (χ4v) is 1.99. The highest BCUT2D eigenvalue weighted by atomic mass is 16.6. The average molecular weight is 285 g/mol. The van der Waals surface area contributed by atoms with E-state index in [-0.39, 0.29) is 19.5 Å². The minimum Gasteiger partial charge on any atom is -0.481 e. The number of hydrogen-bond acceptors (Lipinski definition) is 4. The predicted octanol–water partition coefficient (Wildman–Crippen LogP) is 2.04. The van der Waals surface area contributed by atoms with E-state index in [2.05, 4.69) is 6.58 Å². The maximum Gasteiger partial charge on any atom is 0.410 e. The minimum absolute atomic E-state index is 0.122. The van der Waals surface area contributed by atoms with Crippen molar-refractivity contribution in [2.75, 3.05) is 19.7 Å². The van der Waals surface area contributed by atoms with Gasteiger partial charge in [-0.2, -0.15) is 0 Å². The molecule has 0 radical (unpaired) electrons. The summed E-state index contributed by atoms with van der Waals surface area (Å²) >= 11 is 0. The molecular weight excluding hydrogens is 262 g/mol. The second-order valence-corrected chi connectivity index (χ2v) is 6.02. The van der Waals surface area contributed by atoms with E-state index in [1.54, 1.807) is 26.8 Å². The Labute approximate surface area is 119 Å². The fourth-order valence-electron chi connectivity index (χ4n) is 1.99. The number of nitrogens with zero attached hydrogens (tertiary/aromatic N) is 1. The van der Waals surface area contributed by atoms with Gasteiger partial charge < -0.3 is 19.5 Å². The first-order valence-corrected chi connectivity index (χ1v) is 6.62. The Morgan fingerprint density at radius 3 is 2.45 bits per heavy atom. The van der Waals surface area contributed by atoms with Gasteiger partial charge in [-0.05, 0) is 27.2 Å². The molecule has 1 saturated heterocycles. The van der Waals surface area contributed by atoms with Crippen LogP contribution in [0, 0.1) is 0 Å². The Balaban J connectivity index is 2.54. The van der Waals surface area contributed by atoms with E-state index in [1.165, 1.54) is 4.90 Å². The van der Waals surface area contributed by atoms with Crippen molar-refractivity contribution in [2.24, 2.45) is 0 Å². The summed E-state index contributed by atoms with van der Waals surface area (Å²) < 4.78 is 10.9. The maximum atomic E-state index is 11.8. The molecule has 1 heterocycles. The molecule has 0 aromatic heterocycles. The van der Waals surface area contributed by atoms with Gasteiger partial charge in [-0.1, -0.05) is 6.08 Å². The molecule has 0 aromatic rings. The first-order chi connectivity index (χ1) is 9.17. The Morgan fingerprint density at radius 2 is 2.00 bits per heavy atom. The zero-order valence-electron chi connectivity index (χ0n) is 12.3. The Morgan fingerprint density at radius 1 is 1.40 bits per heavy atom. The molecule has 0 saturated carbocycles. The normalized spacial score (nSPS) is 17.2. The number of ether oxygens (including phenoxy) is 2. The number of carbonyl (C=O) groups excluding carboxylic acids is 1. The highest BCUT2D eigenvalue weighted by Gasteiger charge is 2.48. The zero-order chi connectivity index (χ0) is 15.4. The number of amides is 1. The molecule has 6 nitrogen and oxygen atoms in total. The number of carboxylic acid groups (broad SMARTS) is 1. The Kier molecular flexibility index (Phi) is 5.16. The standard InChI is InChI=1S/C14H23NO5/c1-5-6-7-19-14(8-11(16)17)9-15(10-14)12(18)20-13(2,3)4/h5H,1,6-10H2,2-4H3,(H,16,17). The molecule has 1 aliphatic rings. The molecule has 0 spiro atoms. The molecule has 1 fully saturated rings. The van der Waals surface area contributed by atoms with Gasteiger partial charge in [0, 0.05) is 0 Å². The molecule has 1 amide bonds. The van der Waals surface area contributed by atoms with Crippen LogP contribution in [0.3, 0.4) is 0 Å². The van der Waals surface area contributed by atoms with Crippen LogP contribution in [-0.2, 0) is 14.3 Å². The van der Waals surface area contributed by atoms with Crippen LogP contribution < -0.4 is 0 Å². The van der Waals surface area contributed by atoms with Gasteiger partial charge in [0.2, 0.25) is 0 Å². The Hall–Kier alpha value is -1.56. The number of hydrogen-bond donors (Lipinski definition) is 1. The van der Waals surface area contributed by atoms with Gasteiger partial charge in [-0.3, -0.25) is 4.79 Å². The van der Waals surface area contributed by atoms with Crippen LogP contribution in [-0.4, -0.2) is 53.0 Å². The molecular formula is C14H23NO5. The van der Waals surface area contributed by atoms with Crippen molar-refractivity contribution in [3.8, 4) is 0 Å². The highest BCUT2D eigenvalue weighted by molar-refractivity contribution is 5.72. The first kappa shape index (κ1) is 16.5. The quantitative estimate of drug-likeness (QED) is 0.597. The molecule has 0 atom stereocenters. The smallest absolute Gasteiger partial charge is 0.410 e. The van der Waals surface area contributed by atoms with Crippen LogP contribution in [0.5, 0.6) is 0 Å². The van der Waals surface area contributed by atoms with Crippen molar-refractivity contribution >= 4 is 12.1 Å². The third kappa shape index (κ3) is 4.85. The summed E-state index contributed by atoms with van der Waals surface area (Å²) in [5.74, 6) is -0.938. The second kappa shape index (κ2) is 6.26. The van der Waals surface area contributed by atoms with Gasteiger partial charge in [0.25, 0.3) is 0 Å². The van der Waals surface area contributed by atoms with Crippen molar-refractivity contribution in [3.63, 3.8) is 0 Å². The van der Waals surface area contributed by atoms with Crippen molar-refractivity contribution in [3.05, 3.63) is 12.7 Å². The van der Waals surface area contributed by atoms with E-state index in [1.807, 2.05) is 0 Å². The molecule has 6 heteroatoms. The van der Waals surface area contributed by atoms with E-state index in [4.69, 9.17) is 14.6 Å². The van der Waals surface area contributed by atoms with Gasteiger partial charge in [0.05, 0.1) is 26.1 Å². The molecule has 1 N–H and O–H groups in total. The van der Waals surface area contributed by atoms with Gasteiger partial charge in [-0.15, -0.1) is 6.58 Å². The third-order valence-electron chi connectivity index (χ3n) is 2.81. The summed E-state index contributed by atoms with van der Waals surface area (Å²) in [5.41, 5.74) is -1.36. The van der Waals surface area contributed by atoms with Gasteiger partial charge in [0.15, 0.2) is 0 Å². The van der Waals surface area contributed by atoms with Crippen LogP contribution in [0.4, 0.5) is 4.79 Å². The predicted molar refractivity (Wildman–Crippen MR) is 73.6 cm³/mol. The van der Waals surface area contributed by atoms with E-state index >= 15 is 0 Å². The van der Waals surface area contributed by atoms with Crippen LogP contribution in [0.15, 0.2) is 12.7 Å².